The van der Waals surface area contributed by atoms with Crippen molar-refractivity contribution in [2.24, 2.45) is 23.7 Å². The molecule has 37 heavy (non-hydrogen) atoms. The van der Waals surface area contributed by atoms with Crippen LogP contribution in [0.5, 0.6) is 0 Å². The molecule has 194 valence electrons. The topological polar surface area (TPSA) is 83.2 Å². The van der Waals surface area contributed by atoms with E-state index in [1.165, 1.54) is 19.3 Å². The van der Waals surface area contributed by atoms with Gasteiger partial charge in [0.15, 0.2) is 0 Å². The highest BCUT2D eigenvalue weighted by molar-refractivity contribution is 5.91. The molecule has 6 atom stereocenters. The molecule has 3 aliphatic rings. The van der Waals surface area contributed by atoms with Crippen LogP contribution in [0.4, 0.5) is 4.79 Å². The molecule has 3 fully saturated rings. The number of rotatable bonds is 8. The Labute approximate surface area is 218 Å². The molecular weight excluding hydrogens is 462 g/mol. The fourth-order valence-electron chi connectivity index (χ4n) is 7.54. The van der Waals surface area contributed by atoms with E-state index < -0.39 is 11.6 Å². The number of amides is 2. The molecule has 1 aromatic heterocycles. The molecule has 0 saturated heterocycles. The largest absolute Gasteiger partial charge is 0.446 e. The summed E-state index contributed by atoms with van der Waals surface area (Å²) in [5.41, 5.74) is 2.02. The standard InChI is InChI=1S/C31H37N3O3/c1-31(18-23-19-33-26-10-6-5-9-24(23)26,29(35)32-16-15-20-7-3-2-4-8-20)34-30(36)37-27-14-13-25-21-11-12-22(17-21)28(25)27/h2-10,19,21-22,25,27-28,33H,11-18H2,1H3,(H,32,35)(H,34,36)/t21-,22+,25-,27-,28+,31+/m1/s1. The maximum absolute atomic E-state index is 13.6. The van der Waals surface area contributed by atoms with Crippen molar-refractivity contribution in [1.29, 1.82) is 0 Å². The zero-order valence-electron chi connectivity index (χ0n) is 21.5. The summed E-state index contributed by atoms with van der Waals surface area (Å²) in [5.74, 6) is 2.55. The van der Waals surface area contributed by atoms with Crippen LogP contribution in [0.15, 0.2) is 60.8 Å². The minimum absolute atomic E-state index is 0.0289. The molecule has 2 aromatic carbocycles. The highest BCUT2D eigenvalue weighted by Crippen LogP contribution is 2.59. The van der Waals surface area contributed by atoms with E-state index in [4.69, 9.17) is 4.74 Å². The Balaban J connectivity index is 1.16. The Morgan fingerprint density at radius 1 is 1.00 bits per heavy atom. The van der Waals surface area contributed by atoms with Crippen LogP contribution in [0.2, 0.25) is 0 Å². The van der Waals surface area contributed by atoms with Gasteiger partial charge in [-0.3, -0.25) is 4.79 Å². The van der Waals surface area contributed by atoms with Crippen LogP contribution in [0.1, 0.15) is 50.2 Å². The van der Waals surface area contributed by atoms with Gasteiger partial charge in [-0.1, -0.05) is 48.5 Å². The second-order valence-electron chi connectivity index (χ2n) is 11.6. The Kier molecular flexibility index (Phi) is 6.43. The first-order valence-electron chi connectivity index (χ1n) is 13.9. The Morgan fingerprint density at radius 2 is 1.78 bits per heavy atom. The van der Waals surface area contributed by atoms with Gasteiger partial charge in [-0.05, 0) is 80.4 Å². The fraction of sp³-hybridized carbons (Fsp3) is 0.484. The summed E-state index contributed by atoms with van der Waals surface area (Å²) in [6.07, 6.45) is 8.55. The second kappa shape index (κ2) is 9.88. The van der Waals surface area contributed by atoms with Crippen molar-refractivity contribution in [3.63, 3.8) is 0 Å². The van der Waals surface area contributed by atoms with Crippen molar-refractivity contribution < 1.29 is 14.3 Å². The van der Waals surface area contributed by atoms with Gasteiger partial charge in [0.25, 0.3) is 0 Å². The molecule has 2 amide bonds. The van der Waals surface area contributed by atoms with E-state index in [9.17, 15) is 9.59 Å². The van der Waals surface area contributed by atoms with Gasteiger partial charge < -0.3 is 20.4 Å². The highest BCUT2D eigenvalue weighted by atomic mass is 16.6. The summed E-state index contributed by atoms with van der Waals surface area (Å²) in [4.78, 5) is 30.2. The van der Waals surface area contributed by atoms with Gasteiger partial charge in [0, 0.05) is 36.0 Å². The van der Waals surface area contributed by atoms with Gasteiger partial charge in [0.1, 0.15) is 11.6 Å². The maximum Gasteiger partial charge on any atom is 0.408 e. The van der Waals surface area contributed by atoms with E-state index in [1.54, 1.807) is 0 Å². The van der Waals surface area contributed by atoms with E-state index in [-0.39, 0.29) is 12.0 Å². The first-order chi connectivity index (χ1) is 18.0. The zero-order chi connectivity index (χ0) is 25.4. The van der Waals surface area contributed by atoms with E-state index in [0.29, 0.717) is 24.8 Å². The summed E-state index contributed by atoms with van der Waals surface area (Å²) >= 11 is 0. The average Bonchev–Trinajstić information content (AvgIpc) is 3.69. The monoisotopic (exact) mass is 499 g/mol. The molecule has 0 aliphatic heterocycles. The SMILES string of the molecule is C[C@@](Cc1c[nH]c2ccccc12)(NC(=O)O[C@@H]1CC[C@@H]2[C@@H]3CC[C@@H](C3)[C@@H]21)C(=O)NCCc1ccccc1. The molecule has 6 nitrogen and oxygen atoms in total. The van der Waals surface area contributed by atoms with Crippen LogP contribution in [-0.4, -0.2) is 35.2 Å². The fourth-order valence-corrected chi connectivity index (χ4v) is 7.54. The number of nitrogens with one attached hydrogen (secondary N) is 3. The summed E-state index contributed by atoms with van der Waals surface area (Å²) in [6.45, 7) is 2.31. The summed E-state index contributed by atoms with van der Waals surface area (Å²) in [6, 6.07) is 18.1. The molecule has 0 unspecified atom stereocenters. The number of para-hydroxylation sites is 1. The lowest BCUT2D eigenvalue weighted by molar-refractivity contribution is -0.127. The van der Waals surface area contributed by atoms with Crippen LogP contribution in [-0.2, 0) is 22.4 Å². The third-order valence-electron chi connectivity index (χ3n) is 9.27. The molecule has 6 rings (SSSR count). The van der Waals surface area contributed by atoms with Gasteiger partial charge in [0.05, 0.1) is 0 Å². The second-order valence-corrected chi connectivity index (χ2v) is 11.6. The van der Waals surface area contributed by atoms with E-state index in [0.717, 1.165) is 53.1 Å². The number of hydrogen-bond acceptors (Lipinski definition) is 3. The maximum atomic E-state index is 13.6. The molecule has 6 heteroatoms. The molecule has 0 spiro atoms. The number of aromatic amines is 1. The molecule has 3 saturated carbocycles. The number of hydrogen-bond donors (Lipinski definition) is 3. The average molecular weight is 500 g/mol. The van der Waals surface area contributed by atoms with Crippen LogP contribution in [0.3, 0.4) is 0 Å². The number of aromatic nitrogens is 1. The molecule has 0 radical (unpaired) electrons. The molecule has 3 aromatic rings. The normalized spacial score (nSPS) is 27.5. The van der Waals surface area contributed by atoms with E-state index >= 15 is 0 Å². The minimum Gasteiger partial charge on any atom is -0.446 e. The van der Waals surface area contributed by atoms with E-state index in [1.807, 2.05) is 55.6 Å². The van der Waals surface area contributed by atoms with Crippen LogP contribution in [0.25, 0.3) is 10.9 Å². The van der Waals surface area contributed by atoms with Crippen molar-refractivity contribution >= 4 is 22.9 Å². The zero-order valence-corrected chi connectivity index (χ0v) is 21.5. The smallest absolute Gasteiger partial charge is 0.408 e. The number of carbonyl (C=O) groups excluding carboxylic acids is 2. The number of carbonyl (C=O) groups is 2. The van der Waals surface area contributed by atoms with Gasteiger partial charge in [-0.2, -0.15) is 0 Å². The Morgan fingerprint density at radius 3 is 2.65 bits per heavy atom. The van der Waals surface area contributed by atoms with E-state index in [2.05, 4.69) is 27.8 Å². The Hall–Kier alpha value is -3.28. The lowest BCUT2D eigenvalue weighted by atomic mass is 9.81. The molecular formula is C31H37N3O3. The molecule has 1 heterocycles. The van der Waals surface area contributed by atoms with Crippen molar-refractivity contribution in [1.82, 2.24) is 15.6 Å². The van der Waals surface area contributed by atoms with Gasteiger partial charge in [0.2, 0.25) is 5.91 Å². The number of alkyl carbamates (subject to hydrolysis) is 1. The van der Waals surface area contributed by atoms with Crippen LogP contribution in [0, 0.1) is 23.7 Å². The van der Waals surface area contributed by atoms with Gasteiger partial charge in [-0.15, -0.1) is 0 Å². The van der Waals surface area contributed by atoms with Gasteiger partial charge in [-0.25, -0.2) is 4.79 Å². The predicted octanol–water partition coefficient (Wildman–Crippen LogP) is 5.38. The highest BCUT2D eigenvalue weighted by Gasteiger charge is 2.54. The van der Waals surface area contributed by atoms with Gasteiger partial charge >= 0.3 is 6.09 Å². The first kappa shape index (κ1) is 24.1. The first-order valence-corrected chi connectivity index (χ1v) is 13.9. The summed E-state index contributed by atoms with van der Waals surface area (Å²) < 4.78 is 6.07. The summed E-state index contributed by atoms with van der Waals surface area (Å²) in [7, 11) is 0. The van der Waals surface area contributed by atoms with Crippen molar-refractivity contribution in [3.8, 4) is 0 Å². The van der Waals surface area contributed by atoms with Crippen molar-refractivity contribution in [2.75, 3.05) is 6.54 Å². The van der Waals surface area contributed by atoms with Crippen molar-refractivity contribution in [3.05, 3.63) is 71.9 Å². The third kappa shape index (κ3) is 4.74. The number of ether oxygens (including phenoxy) is 1. The van der Waals surface area contributed by atoms with Crippen LogP contribution >= 0.6 is 0 Å². The van der Waals surface area contributed by atoms with Crippen LogP contribution < -0.4 is 10.6 Å². The molecule has 2 bridgehead atoms. The van der Waals surface area contributed by atoms with Crippen molar-refractivity contribution in [2.45, 2.75) is 63.5 Å². The molecule has 3 N–H and O–H groups in total. The lowest BCUT2D eigenvalue weighted by Crippen LogP contribution is -2.59. The third-order valence-corrected chi connectivity index (χ3v) is 9.27. The number of benzene rings is 2. The predicted molar refractivity (Wildman–Crippen MR) is 144 cm³/mol. The quantitative estimate of drug-likeness (QED) is 0.389. The summed E-state index contributed by atoms with van der Waals surface area (Å²) in [5, 5.41) is 7.14. The Bertz CT molecular complexity index is 1270. The number of fused-ring (bicyclic) bond motifs is 6. The molecule has 3 aliphatic carbocycles. The minimum atomic E-state index is -1.15. The number of H-pyrrole nitrogens is 1. The lowest BCUT2D eigenvalue weighted by Gasteiger charge is -2.32.